The second kappa shape index (κ2) is 5.09. The van der Waals surface area contributed by atoms with E-state index in [1.54, 1.807) is 11.0 Å². The molecule has 4 rings (SSSR count). The van der Waals surface area contributed by atoms with Crippen molar-refractivity contribution in [1.82, 2.24) is 0 Å². The van der Waals surface area contributed by atoms with E-state index in [-0.39, 0.29) is 5.91 Å². The molecule has 110 valence electrons. The molecule has 0 saturated heterocycles. The zero-order valence-corrected chi connectivity index (χ0v) is 12.3. The molecule has 1 aliphatic heterocycles. The zero-order chi connectivity index (χ0) is 15.1. The number of carbonyl (C=O) groups excluding carboxylic acids is 2. The molecule has 3 heteroatoms. The molecule has 1 saturated carbocycles. The molecule has 2 aromatic carbocycles. The van der Waals surface area contributed by atoms with Gasteiger partial charge in [0.05, 0.1) is 5.69 Å². The van der Waals surface area contributed by atoms with Crippen molar-refractivity contribution in [2.24, 2.45) is 0 Å². The summed E-state index contributed by atoms with van der Waals surface area (Å²) < 4.78 is 0. The number of hydrogen-bond donors (Lipinski definition) is 0. The second-order valence-electron chi connectivity index (χ2n) is 6.07. The Labute approximate surface area is 129 Å². The molecule has 1 aliphatic carbocycles. The summed E-state index contributed by atoms with van der Waals surface area (Å²) in [6.45, 7) is 0.630. The zero-order valence-electron chi connectivity index (χ0n) is 12.3. The SMILES string of the molecule is O=Cc1ccccc1N1CCc2cc(C3CC3)ccc2C1=O. The smallest absolute Gasteiger partial charge is 0.258 e. The van der Waals surface area contributed by atoms with Crippen molar-refractivity contribution < 1.29 is 9.59 Å². The number of anilines is 1. The fourth-order valence-electron chi connectivity index (χ4n) is 3.24. The third-order valence-electron chi connectivity index (χ3n) is 4.61. The van der Waals surface area contributed by atoms with Crippen LogP contribution in [0.15, 0.2) is 42.5 Å². The molecule has 22 heavy (non-hydrogen) atoms. The molecule has 0 N–H and O–H groups in total. The number of para-hydroxylation sites is 1. The Morgan fingerprint density at radius 1 is 1.09 bits per heavy atom. The van der Waals surface area contributed by atoms with E-state index in [9.17, 15) is 9.59 Å². The summed E-state index contributed by atoms with van der Waals surface area (Å²) in [4.78, 5) is 25.7. The molecule has 0 radical (unpaired) electrons. The molecule has 2 aromatic rings. The lowest BCUT2D eigenvalue weighted by atomic mass is 9.94. The highest BCUT2D eigenvalue weighted by atomic mass is 16.2. The Morgan fingerprint density at radius 3 is 2.68 bits per heavy atom. The van der Waals surface area contributed by atoms with E-state index in [2.05, 4.69) is 12.1 Å². The minimum Gasteiger partial charge on any atom is -0.307 e. The number of fused-ring (bicyclic) bond motifs is 1. The summed E-state index contributed by atoms with van der Waals surface area (Å²) in [5.74, 6) is 0.701. The number of amides is 1. The van der Waals surface area contributed by atoms with Gasteiger partial charge >= 0.3 is 0 Å². The number of rotatable bonds is 3. The highest BCUT2D eigenvalue weighted by Gasteiger charge is 2.29. The summed E-state index contributed by atoms with van der Waals surface area (Å²) in [5, 5.41) is 0. The van der Waals surface area contributed by atoms with Gasteiger partial charge in [-0.15, -0.1) is 0 Å². The standard InChI is InChI=1S/C19H17NO2/c21-12-16-3-1-2-4-18(16)20-10-9-15-11-14(13-5-6-13)7-8-17(15)19(20)22/h1-4,7-8,11-13H,5-6,9-10H2. The number of aldehydes is 1. The second-order valence-corrected chi connectivity index (χ2v) is 6.07. The van der Waals surface area contributed by atoms with E-state index in [1.165, 1.54) is 18.4 Å². The van der Waals surface area contributed by atoms with Crippen LogP contribution in [-0.2, 0) is 6.42 Å². The molecular formula is C19H17NO2. The lowest BCUT2D eigenvalue weighted by molar-refractivity contribution is 0.0980. The molecule has 0 unspecified atom stereocenters. The molecule has 1 amide bonds. The van der Waals surface area contributed by atoms with Gasteiger partial charge in [-0.05, 0) is 54.5 Å². The van der Waals surface area contributed by atoms with Crippen LogP contribution in [0.4, 0.5) is 5.69 Å². The van der Waals surface area contributed by atoms with Crippen molar-refractivity contribution in [3.8, 4) is 0 Å². The first-order valence-corrected chi connectivity index (χ1v) is 7.77. The van der Waals surface area contributed by atoms with Gasteiger partial charge in [-0.1, -0.05) is 24.3 Å². The fraction of sp³-hybridized carbons (Fsp3) is 0.263. The first kappa shape index (κ1) is 13.3. The van der Waals surface area contributed by atoms with Gasteiger partial charge in [-0.25, -0.2) is 0 Å². The van der Waals surface area contributed by atoms with E-state index < -0.39 is 0 Å². The van der Waals surface area contributed by atoms with E-state index in [0.29, 0.717) is 23.7 Å². The molecule has 3 nitrogen and oxygen atoms in total. The molecule has 0 spiro atoms. The molecule has 0 bridgehead atoms. The quantitative estimate of drug-likeness (QED) is 0.811. The highest BCUT2D eigenvalue weighted by molar-refractivity contribution is 6.10. The monoisotopic (exact) mass is 291 g/mol. The van der Waals surface area contributed by atoms with Crippen LogP contribution in [0.5, 0.6) is 0 Å². The summed E-state index contributed by atoms with van der Waals surface area (Å²) in [6.07, 6.45) is 4.19. The lowest BCUT2D eigenvalue weighted by Gasteiger charge is -2.29. The minimum atomic E-state index is -0.00195. The van der Waals surface area contributed by atoms with Crippen LogP contribution < -0.4 is 4.90 Å². The van der Waals surface area contributed by atoms with Crippen molar-refractivity contribution in [2.45, 2.75) is 25.2 Å². The Hall–Kier alpha value is -2.42. The van der Waals surface area contributed by atoms with Crippen LogP contribution in [-0.4, -0.2) is 18.7 Å². The Bertz CT molecular complexity index is 762. The van der Waals surface area contributed by atoms with E-state index >= 15 is 0 Å². The van der Waals surface area contributed by atoms with Gasteiger partial charge in [0.25, 0.3) is 5.91 Å². The summed E-state index contributed by atoms with van der Waals surface area (Å²) >= 11 is 0. The van der Waals surface area contributed by atoms with Gasteiger partial charge in [0.1, 0.15) is 0 Å². The average Bonchev–Trinajstić information content (AvgIpc) is 3.40. The van der Waals surface area contributed by atoms with Crippen LogP contribution in [0.2, 0.25) is 0 Å². The Balaban J connectivity index is 1.71. The summed E-state index contributed by atoms with van der Waals surface area (Å²) in [5.41, 5.74) is 4.56. The predicted octanol–water partition coefficient (Wildman–Crippen LogP) is 3.58. The minimum absolute atomic E-state index is 0.00195. The first-order valence-electron chi connectivity index (χ1n) is 7.77. The average molecular weight is 291 g/mol. The first-order chi connectivity index (χ1) is 10.8. The lowest BCUT2D eigenvalue weighted by Crippen LogP contribution is -2.38. The van der Waals surface area contributed by atoms with Crippen LogP contribution in [0, 0.1) is 0 Å². The van der Waals surface area contributed by atoms with E-state index in [0.717, 1.165) is 23.8 Å². The third-order valence-corrected chi connectivity index (χ3v) is 4.61. The highest BCUT2D eigenvalue weighted by Crippen LogP contribution is 2.41. The maximum atomic E-state index is 12.8. The largest absolute Gasteiger partial charge is 0.307 e. The maximum absolute atomic E-state index is 12.8. The Kier molecular flexibility index (Phi) is 3.07. The third kappa shape index (κ3) is 2.13. The van der Waals surface area contributed by atoms with Crippen LogP contribution in [0.25, 0.3) is 0 Å². The van der Waals surface area contributed by atoms with Crippen molar-refractivity contribution in [2.75, 3.05) is 11.4 Å². The summed E-state index contributed by atoms with van der Waals surface area (Å²) in [7, 11) is 0. The van der Waals surface area contributed by atoms with Gasteiger partial charge in [0.2, 0.25) is 0 Å². The normalized spacial score (nSPS) is 17.3. The van der Waals surface area contributed by atoms with E-state index in [4.69, 9.17) is 0 Å². The number of carbonyl (C=O) groups is 2. The molecule has 1 heterocycles. The number of nitrogens with zero attached hydrogens (tertiary/aromatic N) is 1. The molecule has 0 atom stereocenters. The Morgan fingerprint density at radius 2 is 1.91 bits per heavy atom. The van der Waals surface area contributed by atoms with Crippen molar-refractivity contribution >= 4 is 17.9 Å². The molecule has 1 fully saturated rings. The molecular weight excluding hydrogens is 274 g/mol. The molecule has 2 aliphatic rings. The van der Waals surface area contributed by atoms with Gasteiger partial charge < -0.3 is 4.90 Å². The predicted molar refractivity (Wildman–Crippen MR) is 85.6 cm³/mol. The van der Waals surface area contributed by atoms with Crippen molar-refractivity contribution in [1.29, 1.82) is 0 Å². The summed E-state index contributed by atoms with van der Waals surface area (Å²) in [6, 6.07) is 13.5. The number of benzene rings is 2. The van der Waals surface area contributed by atoms with E-state index in [1.807, 2.05) is 24.3 Å². The van der Waals surface area contributed by atoms with Gasteiger partial charge in [-0.3, -0.25) is 9.59 Å². The van der Waals surface area contributed by atoms with Gasteiger partial charge in [0, 0.05) is 17.7 Å². The maximum Gasteiger partial charge on any atom is 0.258 e. The van der Waals surface area contributed by atoms with Gasteiger partial charge in [0.15, 0.2) is 6.29 Å². The van der Waals surface area contributed by atoms with Crippen molar-refractivity contribution in [3.63, 3.8) is 0 Å². The fourth-order valence-corrected chi connectivity index (χ4v) is 3.24. The van der Waals surface area contributed by atoms with Crippen LogP contribution in [0.1, 0.15) is 50.6 Å². The van der Waals surface area contributed by atoms with Crippen LogP contribution in [0.3, 0.4) is 0 Å². The van der Waals surface area contributed by atoms with Gasteiger partial charge in [-0.2, -0.15) is 0 Å². The topological polar surface area (TPSA) is 37.4 Å². The van der Waals surface area contributed by atoms with Crippen LogP contribution >= 0.6 is 0 Å². The number of hydrogen-bond acceptors (Lipinski definition) is 2. The molecule has 0 aromatic heterocycles. The van der Waals surface area contributed by atoms with Crippen molar-refractivity contribution in [3.05, 3.63) is 64.7 Å².